The number of ether oxygens (including phenoxy) is 1. The summed E-state index contributed by atoms with van der Waals surface area (Å²) < 4.78 is 24.5. The molecule has 0 rings (SSSR count). The predicted molar refractivity (Wildman–Crippen MR) is 118 cm³/mol. The van der Waals surface area contributed by atoms with Gasteiger partial charge in [0.2, 0.25) is 0 Å². The summed E-state index contributed by atoms with van der Waals surface area (Å²) in [7, 11) is -8.32. The number of carbonyl (C=O) groups excluding carboxylic acids is 1. The molecule has 0 aliphatic carbocycles. The molecule has 0 unspecified atom stereocenters. The van der Waals surface area contributed by atoms with E-state index in [-0.39, 0.29) is 5.30 Å². The van der Waals surface area contributed by atoms with Gasteiger partial charge in [0.1, 0.15) is 0 Å². The second-order valence-corrected chi connectivity index (χ2v) is 26.8. The van der Waals surface area contributed by atoms with E-state index in [1.54, 1.807) is 0 Å². The van der Waals surface area contributed by atoms with Crippen LogP contribution < -0.4 is 0 Å². The van der Waals surface area contributed by atoms with Crippen molar-refractivity contribution in [1.29, 1.82) is 0 Å². The third-order valence-electron chi connectivity index (χ3n) is 2.41. The van der Waals surface area contributed by atoms with Gasteiger partial charge < -0.3 is 17.1 Å². The van der Waals surface area contributed by atoms with Gasteiger partial charge in [0.25, 0.3) is 0 Å². The lowest BCUT2D eigenvalue weighted by Crippen LogP contribution is -2.60. The molecule has 10 heteroatoms. The lowest BCUT2D eigenvalue weighted by molar-refractivity contribution is 0.214. The molecule has 0 aromatic heterocycles. The number of hydrogen-bond donors (Lipinski definition) is 0. The van der Waals surface area contributed by atoms with Crippen LogP contribution in [0.1, 0.15) is 6.42 Å². The van der Waals surface area contributed by atoms with Gasteiger partial charge in [-0.05, 0) is 77.1 Å². The van der Waals surface area contributed by atoms with E-state index in [1.807, 2.05) is 0 Å². The van der Waals surface area contributed by atoms with Crippen molar-refractivity contribution in [2.24, 2.45) is 0 Å². The van der Waals surface area contributed by atoms with Crippen LogP contribution in [0.4, 0.5) is 4.79 Å². The van der Waals surface area contributed by atoms with Crippen molar-refractivity contribution in [3.05, 3.63) is 12.8 Å². The first-order valence-electron chi connectivity index (χ1n) is 8.62. The van der Waals surface area contributed by atoms with Crippen molar-refractivity contribution < 1.29 is 21.9 Å². The molecule has 0 bridgehead atoms. The van der Waals surface area contributed by atoms with E-state index in [2.05, 4.69) is 65.5 Å². The van der Waals surface area contributed by atoms with E-state index >= 15 is 0 Å². The highest BCUT2D eigenvalue weighted by Crippen LogP contribution is 2.30. The highest BCUT2D eigenvalue weighted by atomic mass is 32.2. The summed E-state index contributed by atoms with van der Waals surface area (Å²) in [6.45, 7) is 22.9. The Morgan fingerprint density at radius 1 is 0.880 bits per heavy atom. The van der Waals surface area contributed by atoms with Gasteiger partial charge in [-0.1, -0.05) is 6.58 Å². The summed E-state index contributed by atoms with van der Waals surface area (Å²) in [5.41, 5.74) is 0. The minimum absolute atomic E-state index is 0.328. The highest BCUT2D eigenvalue weighted by molar-refractivity contribution is 8.13. The molecule has 0 aromatic carbocycles. The van der Waals surface area contributed by atoms with Crippen LogP contribution in [-0.4, -0.2) is 44.8 Å². The maximum absolute atomic E-state index is 11.5. The second-order valence-electron chi connectivity index (χ2n) is 8.81. The smallest absolute Gasteiger partial charge is 0.427 e. The standard InChI is InChI=1S/C15H36O5SSi4/c1-11-17-15(16)21-13-12-14-25(18-22(2,3)4,19-23(5,6)7)20-24(8,9)10/h11H,1,12-14H2,2-10H3. The molecule has 0 amide bonds. The van der Waals surface area contributed by atoms with E-state index in [1.165, 1.54) is 0 Å². The molecule has 0 aliphatic rings. The van der Waals surface area contributed by atoms with Crippen molar-refractivity contribution in [1.82, 2.24) is 0 Å². The van der Waals surface area contributed by atoms with Gasteiger partial charge in [0.05, 0.1) is 6.26 Å². The molecular weight excluding hydrogens is 405 g/mol. The summed E-state index contributed by atoms with van der Waals surface area (Å²) in [6, 6.07) is 0.736. The first-order valence-corrected chi connectivity index (χ1v) is 21.8. The zero-order valence-corrected chi connectivity index (χ0v) is 22.2. The molecule has 0 heterocycles. The zero-order chi connectivity index (χ0) is 19.9. The molecule has 148 valence electrons. The number of thioether (sulfide) groups is 1. The Balaban J connectivity index is 5.23. The SMILES string of the molecule is C=COC(=O)SCCC[Si](O[Si](C)(C)C)(O[Si](C)(C)C)O[Si](C)(C)C. The Hall–Kier alpha value is 0.308. The van der Waals surface area contributed by atoms with Gasteiger partial charge in [-0.3, -0.25) is 0 Å². The summed E-state index contributed by atoms with van der Waals surface area (Å²) in [5, 5.41) is -0.328. The van der Waals surface area contributed by atoms with Gasteiger partial charge in [0.15, 0.2) is 25.0 Å². The summed E-state index contributed by atoms with van der Waals surface area (Å²) >= 11 is 1.15. The van der Waals surface area contributed by atoms with Crippen LogP contribution in [0, 0.1) is 0 Å². The van der Waals surface area contributed by atoms with Crippen LogP contribution in [0.5, 0.6) is 0 Å². The molecule has 0 aromatic rings. The number of hydrogen-bond acceptors (Lipinski definition) is 6. The Morgan fingerprint density at radius 3 is 1.60 bits per heavy atom. The maximum Gasteiger partial charge on any atom is 0.469 e. The molecule has 0 spiro atoms. The Morgan fingerprint density at radius 2 is 1.28 bits per heavy atom. The predicted octanol–water partition coefficient (Wildman–Crippen LogP) is 5.88. The minimum Gasteiger partial charge on any atom is -0.427 e. The topological polar surface area (TPSA) is 54.0 Å². The van der Waals surface area contributed by atoms with Gasteiger partial charge >= 0.3 is 14.1 Å². The third kappa shape index (κ3) is 14.1. The quantitative estimate of drug-likeness (QED) is 0.173. The third-order valence-corrected chi connectivity index (χ3v) is 15.3. The minimum atomic E-state index is -2.79. The van der Waals surface area contributed by atoms with Crippen LogP contribution in [0.25, 0.3) is 0 Å². The van der Waals surface area contributed by atoms with E-state index in [0.29, 0.717) is 5.75 Å². The van der Waals surface area contributed by atoms with Gasteiger partial charge in [-0.15, -0.1) is 0 Å². The number of rotatable bonds is 11. The van der Waals surface area contributed by atoms with Gasteiger partial charge in [-0.2, -0.15) is 0 Å². The molecule has 0 fully saturated rings. The molecule has 0 saturated carbocycles. The second kappa shape index (κ2) is 10.0. The van der Waals surface area contributed by atoms with Crippen LogP contribution in [-0.2, 0) is 17.1 Å². The Labute approximate surface area is 162 Å². The van der Waals surface area contributed by atoms with E-state index in [9.17, 15) is 4.79 Å². The van der Waals surface area contributed by atoms with Crippen molar-refractivity contribution in [2.75, 3.05) is 5.75 Å². The normalized spacial score (nSPS) is 13.6. The summed E-state index contributed by atoms with van der Waals surface area (Å²) in [4.78, 5) is 11.5. The molecular formula is C15H36O5SSi4. The number of carbonyl (C=O) groups is 1. The Kier molecular flexibility index (Phi) is 10.1. The highest BCUT2D eigenvalue weighted by Gasteiger charge is 2.49. The fourth-order valence-electron chi connectivity index (χ4n) is 2.16. The molecule has 25 heavy (non-hydrogen) atoms. The van der Waals surface area contributed by atoms with Crippen LogP contribution in [0.2, 0.25) is 65.0 Å². The summed E-state index contributed by atoms with van der Waals surface area (Å²) in [5.74, 6) is 0.653. The van der Waals surface area contributed by atoms with E-state index < -0.39 is 33.8 Å². The molecule has 5 nitrogen and oxygen atoms in total. The first-order chi connectivity index (χ1) is 11.1. The summed E-state index contributed by atoms with van der Waals surface area (Å²) in [6.07, 6.45) is 1.95. The fraction of sp³-hybridized carbons (Fsp3) is 0.800. The van der Waals surface area contributed by atoms with E-state index in [4.69, 9.17) is 17.1 Å². The van der Waals surface area contributed by atoms with Crippen molar-refractivity contribution in [2.45, 2.75) is 71.4 Å². The molecule has 0 atom stereocenters. The van der Waals surface area contributed by atoms with Crippen LogP contribution in [0.3, 0.4) is 0 Å². The van der Waals surface area contributed by atoms with Gasteiger partial charge in [-0.25, -0.2) is 4.79 Å². The molecule has 0 aliphatic heterocycles. The molecule has 0 saturated heterocycles. The Bertz CT molecular complexity index is 400. The average Bonchev–Trinajstić information content (AvgIpc) is 2.28. The average molecular weight is 441 g/mol. The van der Waals surface area contributed by atoms with Gasteiger partial charge in [0, 0.05) is 11.8 Å². The monoisotopic (exact) mass is 440 g/mol. The van der Waals surface area contributed by atoms with Crippen LogP contribution in [0.15, 0.2) is 12.8 Å². The first kappa shape index (κ1) is 25.3. The van der Waals surface area contributed by atoms with Crippen molar-refractivity contribution in [3.8, 4) is 0 Å². The zero-order valence-electron chi connectivity index (χ0n) is 17.4. The maximum atomic E-state index is 11.5. The lowest BCUT2D eigenvalue weighted by atomic mass is 10.6. The largest absolute Gasteiger partial charge is 0.469 e. The molecule has 0 N–H and O–H groups in total. The van der Waals surface area contributed by atoms with Crippen molar-refractivity contribution >= 4 is 50.8 Å². The lowest BCUT2D eigenvalue weighted by Gasteiger charge is -2.42. The van der Waals surface area contributed by atoms with Crippen LogP contribution >= 0.6 is 11.8 Å². The molecule has 0 radical (unpaired) electrons. The van der Waals surface area contributed by atoms with Crippen molar-refractivity contribution in [3.63, 3.8) is 0 Å². The fourth-order valence-corrected chi connectivity index (χ4v) is 17.7. The van der Waals surface area contributed by atoms with E-state index in [0.717, 1.165) is 30.5 Å².